The summed E-state index contributed by atoms with van der Waals surface area (Å²) in [5, 5.41) is 0. The van der Waals surface area contributed by atoms with Gasteiger partial charge < -0.3 is 19.6 Å². The van der Waals surface area contributed by atoms with E-state index in [1.807, 2.05) is 24.3 Å². The zero-order valence-electron chi connectivity index (χ0n) is 12.8. The second kappa shape index (κ2) is 7.66. The number of rotatable bonds is 7. The lowest BCUT2D eigenvalue weighted by Crippen LogP contribution is -2.34. The van der Waals surface area contributed by atoms with Crippen LogP contribution in [0, 0.1) is 0 Å². The number of nitrogens with zero attached hydrogens (tertiary/aromatic N) is 2. The molecule has 8 nitrogen and oxygen atoms in total. The molecule has 2 heterocycles. The SMILES string of the molecule is O=P(O)(O)CC[n+]1ccc(-c2cc[n+](CCP(=O)(O)O)cc2)cc1. The Morgan fingerprint density at radius 1 is 0.667 bits per heavy atom. The molecule has 0 radical (unpaired) electrons. The van der Waals surface area contributed by atoms with Crippen LogP contribution in [0.1, 0.15) is 0 Å². The summed E-state index contributed by atoms with van der Waals surface area (Å²) in [6, 6.07) is 7.37. The van der Waals surface area contributed by atoms with Crippen LogP contribution in [0.5, 0.6) is 0 Å². The highest BCUT2D eigenvalue weighted by Gasteiger charge is 2.17. The molecule has 0 bridgehead atoms. The first-order valence-corrected chi connectivity index (χ1v) is 10.8. The highest BCUT2D eigenvalue weighted by Crippen LogP contribution is 2.33. The Morgan fingerprint density at radius 3 is 1.21 bits per heavy atom. The Bertz CT molecular complexity index is 699. The van der Waals surface area contributed by atoms with E-state index in [9.17, 15) is 9.13 Å². The fourth-order valence-corrected chi connectivity index (χ4v) is 3.07. The summed E-state index contributed by atoms with van der Waals surface area (Å²) in [4.78, 5) is 35.5. The fraction of sp³-hybridized carbons (Fsp3) is 0.286. The van der Waals surface area contributed by atoms with Crippen molar-refractivity contribution in [2.45, 2.75) is 13.1 Å². The second-order valence-electron chi connectivity index (χ2n) is 5.43. The zero-order chi connectivity index (χ0) is 17.8. The van der Waals surface area contributed by atoms with Gasteiger partial charge in [-0.2, -0.15) is 0 Å². The number of hydrogen-bond donors (Lipinski definition) is 4. The van der Waals surface area contributed by atoms with Crippen molar-refractivity contribution in [3.63, 3.8) is 0 Å². The van der Waals surface area contributed by atoms with Crippen LogP contribution in [-0.2, 0) is 22.2 Å². The average molecular weight is 374 g/mol. The van der Waals surface area contributed by atoms with Crippen molar-refractivity contribution in [2.75, 3.05) is 12.3 Å². The highest BCUT2D eigenvalue weighted by molar-refractivity contribution is 7.51. The van der Waals surface area contributed by atoms with Gasteiger partial charge in [-0.15, -0.1) is 0 Å². The molecule has 0 aliphatic heterocycles. The number of aryl methyl sites for hydroxylation is 2. The van der Waals surface area contributed by atoms with E-state index < -0.39 is 15.2 Å². The molecule has 24 heavy (non-hydrogen) atoms. The molecule has 0 fully saturated rings. The minimum absolute atomic E-state index is 0.206. The quantitative estimate of drug-likeness (QED) is 0.408. The predicted molar refractivity (Wildman–Crippen MR) is 86.1 cm³/mol. The molecule has 0 spiro atoms. The molecule has 4 N–H and O–H groups in total. The Kier molecular flexibility index (Phi) is 6.04. The van der Waals surface area contributed by atoms with Crippen LogP contribution in [-0.4, -0.2) is 31.9 Å². The van der Waals surface area contributed by atoms with Crippen molar-refractivity contribution in [3.8, 4) is 11.1 Å². The van der Waals surface area contributed by atoms with Gasteiger partial charge in [0.1, 0.15) is 12.3 Å². The van der Waals surface area contributed by atoms with E-state index in [0.717, 1.165) is 11.1 Å². The summed E-state index contributed by atoms with van der Waals surface area (Å²) in [7, 11) is -8.01. The van der Waals surface area contributed by atoms with Gasteiger partial charge in [0.05, 0.1) is 0 Å². The Labute approximate surface area is 139 Å². The standard InChI is InChI=1S/C14H18N2O6P2/c17-23(18,19)11-9-15-5-1-13(2-6-15)14-3-7-16(8-4-14)10-12-24(20,21)22/h1-8H,9-12H2,(H2-2,17,18,19,20,21,22)/p+2. The van der Waals surface area contributed by atoms with Gasteiger partial charge in [-0.1, -0.05) is 0 Å². The van der Waals surface area contributed by atoms with Crippen molar-refractivity contribution in [1.29, 1.82) is 0 Å². The van der Waals surface area contributed by atoms with Gasteiger partial charge in [0, 0.05) is 24.3 Å². The molecule has 0 amide bonds. The van der Waals surface area contributed by atoms with Crippen molar-refractivity contribution < 1.29 is 37.8 Å². The van der Waals surface area contributed by atoms with E-state index in [1.165, 1.54) is 0 Å². The van der Waals surface area contributed by atoms with Gasteiger partial charge in [0.25, 0.3) is 0 Å². The van der Waals surface area contributed by atoms with Crippen molar-refractivity contribution in [2.24, 2.45) is 0 Å². The number of aromatic nitrogens is 2. The number of hydrogen-bond acceptors (Lipinski definition) is 2. The smallest absolute Gasteiger partial charge is 0.324 e. The maximum absolute atomic E-state index is 10.9. The molecule has 0 unspecified atom stereocenters. The van der Waals surface area contributed by atoms with Gasteiger partial charge in [-0.3, -0.25) is 9.13 Å². The van der Waals surface area contributed by atoms with Crippen molar-refractivity contribution in [3.05, 3.63) is 49.1 Å². The van der Waals surface area contributed by atoms with Gasteiger partial charge >= 0.3 is 15.2 Å². The van der Waals surface area contributed by atoms with Crippen LogP contribution >= 0.6 is 15.2 Å². The van der Waals surface area contributed by atoms with E-state index in [4.69, 9.17) is 19.6 Å². The molecule has 2 aromatic rings. The molecule has 0 aliphatic rings. The van der Waals surface area contributed by atoms with Gasteiger partial charge in [0.2, 0.25) is 0 Å². The summed E-state index contributed by atoms with van der Waals surface area (Å²) in [5.74, 6) is 0. The topological polar surface area (TPSA) is 123 Å². The summed E-state index contributed by atoms with van der Waals surface area (Å²) in [6.07, 6.45) is 6.59. The second-order valence-corrected chi connectivity index (χ2v) is 8.98. The normalized spacial score (nSPS) is 12.3. The molecule has 10 heteroatoms. The van der Waals surface area contributed by atoms with E-state index >= 15 is 0 Å². The van der Waals surface area contributed by atoms with Crippen LogP contribution < -0.4 is 9.13 Å². The highest BCUT2D eigenvalue weighted by atomic mass is 31.2. The van der Waals surface area contributed by atoms with Crippen LogP contribution in [0.2, 0.25) is 0 Å². The monoisotopic (exact) mass is 374 g/mol. The summed E-state index contributed by atoms with van der Waals surface area (Å²) >= 11 is 0. The molecule has 0 aliphatic carbocycles. The maximum Gasteiger partial charge on any atom is 0.331 e. The van der Waals surface area contributed by atoms with Crippen LogP contribution in [0.25, 0.3) is 11.1 Å². The van der Waals surface area contributed by atoms with E-state index in [2.05, 4.69) is 0 Å². The zero-order valence-corrected chi connectivity index (χ0v) is 14.6. The Hall–Kier alpha value is -1.40. The van der Waals surface area contributed by atoms with E-state index in [-0.39, 0.29) is 25.4 Å². The van der Waals surface area contributed by atoms with Crippen LogP contribution in [0.4, 0.5) is 0 Å². The molecular weight excluding hydrogens is 354 g/mol. The minimum Gasteiger partial charge on any atom is -0.324 e. The third-order valence-corrected chi connectivity index (χ3v) is 4.98. The molecular formula is C14H20N2O6P2+2. The molecule has 130 valence electrons. The lowest BCUT2D eigenvalue weighted by molar-refractivity contribution is -0.693. The molecule has 2 rings (SSSR count). The third kappa shape index (κ3) is 6.61. The fourth-order valence-electron chi connectivity index (χ4n) is 2.09. The first kappa shape index (κ1) is 18.9. The largest absolute Gasteiger partial charge is 0.331 e. The Balaban J connectivity index is 2.01. The third-order valence-electron chi connectivity index (χ3n) is 3.41. The molecule has 0 saturated carbocycles. The Morgan fingerprint density at radius 2 is 0.958 bits per heavy atom. The van der Waals surface area contributed by atoms with E-state index in [0.29, 0.717) is 0 Å². The predicted octanol–water partition coefficient (Wildman–Crippen LogP) is 0.284. The maximum atomic E-state index is 10.9. The van der Waals surface area contributed by atoms with Gasteiger partial charge in [-0.05, 0) is 11.1 Å². The minimum atomic E-state index is -4.00. The van der Waals surface area contributed by atoms with E-state index in [1.54, 1.807) is 33.9 Å². The molecule has 2 aromatic heterocycles. The lowest BCUT2D eigenvalue weighted by Gasteiger charge is -2.03. The summed E-state index contributed by atoms with van der Waals surface area (Å²) in [6.45, 7) is 0.476. The first-order valence-electron chi connectivity index (χ1n) is 7.20. The van der Waals surface area contributed by atoms with Crippen LogP contribution in [0.3, 0.4) is 0 Å². The number of pyridine rings is 2. The lowest BCUT2D eigenvalue weighted by atomic mass is 10.1. The van der Waals surface area contributed by atoms with Gasteiger partial charge in [-0.25, -0.2) is 9.13 Å². The molecule has 0 atom stereocenters. The van der Waals surface area contributed by atoms with Crippen molar-refractivity contribution in [1.82, 2.24) is 0 Å². The molecule has 0 aromatic carbocycles. The first-order chi connectivity index (χ1) is 11.1. The van der Waals surface area contributed by atoms with Crippen LogP contribution in [0.15, 0.2) is 49.1 Å². The average Bonchev–Trinajstić information content (AvgIpc) is 2.51. The van der Waals surface area contributed by atoms with Gasteiger partial charge in [0.15, 0.2) is 37.9 Å². The summed E-state index contributed by atoms with van der Waals surface area (Å²) < 4.78 is 25.1. The van der Waals surface area contributed by atoms with Crippen molar-refractivity contribution >= 4 is 15.2 Å². The summed E-state index contributed by atoms with van der Waals surface area (Å²) in [5.41, 5.74) is 1.87. The molecule has 0 saturated heterocycles.